The van der Waals surface area contributed by atoms with E-state index in [4.69, 9.17) is 23.2 Å². The molecular weight excluding hydrogens is 230 g/mol. The molecule has 1 heterocycles. The van der Waals surface area contributed by atoms with E-state index in [0.29, 0.717) is 0 Å². The molecule has 0 saturated carbocycles. The van der Waals surface area contributed by atoms with Gasteiger partial charge in [0.15, 0.2) is 0 Å². The average Bonchev–Trinajstić information content (AvgIpc) is 1.94. The van der Waals surface area contributed by atoms with Gasteiger partial charge in [-0.1, -0.05) is 23.2 Å². The Morgan fingerprint density at radius 1 is 1.23 bits per heavy atom. The molecule has 7 heteroatoms. The van der Waals surface area contributed by atoms with Crippen LogP contribution < -0.4 is 4.74 Å². The second-order valence-electron chi connectivity index (χ2n) is 1.98. The molecule has 72 valence electrons. The maximum atomic E-state index is 11.6. The number of hydrogen-bond donors (Lipinski definition) is 0. The van der Waals surface area contributed by atoms with Gasteiger partial charge in [0, 0.05) is 6.07 Å². The predicted octanol–water partition coefficient (Wildman–Crippen LogP) is 3.29. The molecule has 13 heavy (non-hydrogen) atoms. The quantitative estimate of drug-likeness (QED) is 0.740. The number of alkyl halides is 3. The van der Waals surface area contributed by atoms with Crippen molar-refractivity contribution in [3.63, 3.8) is 0 Å². The van der Waals surface area contributed by atoms with Crippen LogP contribution in [-0.2, 0) is 0 Å². The second kappa shape index (κ2) is 3.59. The molecule has 1 aromatic heterocycles. The summed E-state index contributed by atoms with van der Waals surface area (Å²) < 4.78 is 38.4. The number of ether oxygens (including phenoxy) is 1. The van der Waals surface area contributed by atoms with Gasteiger partial charge in [0.1, 0.15) is 0 Å². The highest BCUT2D eigenvalue weighted by atomic mass is 35.5. The van der Waals surface area contributed by atoms with E-state index in [1.807, 2.05) is 0 Å². The van der Waals surface area contributed by atoms with Gasteiger partial charge in [-0.3, -0.25) is 0 Å². The van der Waals surface area contributed by atoms with Crippen LogP contribution in [-0.4, -0.2) is 11.3 Å². The van der Waals surface area contributed by atoms with Crippen molar-refractivity contribution in [1.29, 1.82) is 0 Å². The van der Waals surface area contributed by atoms with Crippen molar-refractivity contribution >= 4 is 23.2 Å². The minimum Gasteiger partial charge on any atom is -0.388 e. The Morgan fingerprint density at radius 3 is 2.31 bits per heavy atom. The zero-order chi connectivity index (χ0) is 10.1. The first-order valence-electron chi connectivity index (χ1n) is 2.95. The highest BCUT2D eigenvalue weighted by Crippen LogP contribution is 2.27. The normalized spacial score (nSPS) is 11.5. The molecule has 1 rings (SSSR count). The zero-order valence-corrected chi connectivity index (χ0v) is 7.41. The second-order valence-corrected chi connectivity index (χ2v) is 2.80. The van der Waals surface area contributed by atoms with Gasteiger partial charge in [-0.25, -0.2) is 4.98 Å². The summed E-state index contributed by atoms with van der Waals surface area (Å²) >= 11 is 10.8. The van der Waals surface area contributed by atoms with Crippen LogP contribution in [0.4, 0.5) is 13.2 Å². The highest BCUT2D eigenvalue weighted by Gasteiger charge is 2.31. The van der Waals surface area contributed by atoms with Crippen LogP contribution in [0.5, 0.6) is 5.88 Å². The fourth-order valence-electron chi connectivity index (χ4n) is 0.571. The molecule has 1 aromatic rings. The van der Waals surface area contributed by atoms with Gasteiger partial charge in [-0.2, -0.15) is 0 Å². The molecule has 0 unspecified atom stereocenters. The van der Waals surface area contributed by atoms with Crippen LogP contribution in [0.15, 0.2) is 12.3 Å². The van der Waals surface area contributed by atoms with E-state index >= 15 is 0 Å². The van der Waals surface area contributed by atoms with Gasteiger partial charge in [-0.15, -0.1) is 13.2 Å². The van der Waals surface area contributed by atoms with Crippen LogP contribution in [0, 0.1) is 0 Å². The lowest BCUT2D eigenvalue weighted by atomic mass is 10.5. The fraction of sp³-hybridized carbons (Fsp3) is 0.167. The van der Waals surface area contributed by atoms with E-state index < -0.39 is 12.2 Å². The Hall–Kier alpha value is -0.680. The number of halogens is 5. The smallest absolute Gasteiger partial charge is 0.388 e. The maximum absolute atomic E-state index is 11.6. The Bertz CT molecular complexity index is 315. The molecule has 0 aliphatic heterocycles. The van der Waals surface area contributed by atoms with Gasteiger partial charge in [0.2, 0.25) is 5.88 Å². The molecule has 0 aromatic carbocycles. The van der Waals surface area contributed by atoms with E-state index in [1.54, 1.807) is 0 Å². The van der Waals surface area contributed by atoms with Crippen molar-refractivity contribution in [2.45, 2.75) is 6.36 Å². The number of pyridine rings is 1. The molecule has 0 fully saturated rings. The zero-order valence-electron chi connectivity index (χ0n) is 5.90. The lowest BCUT2D eigenvalue weighted by Gasteiger charge is -2.07. The number of aromatic nitrogens is 1. The summed E-state index contributed by atoms with van der Waals surface area (Å²) in [7, 11) is 0. The first-order chi connectivity index (χ1) is 5.88. The van der Waals surface area contributed by atoms with Crippen molar-refractivity contribution in [2.75, 3.05) is 0 Å². The summed E-state index contributed by atoms with van der Waals surface area (Å²) in [5, 5.41) is 0.0205. The van der Waals surface area contributed by atoms with Crippen molar-refractivity contribution < 1.29 is 17.9 Å². The van der Waals surface area contributed by atoms with Gasteiger partial charge in [-0.05, 0) is 0 Å². The summed E-state index contributed by atoms with van der Waals surface area (Å²) in [5.74, 6) is -0.637. The maximum Gasteiger partial charge on any atom is 0.574 e. The molecule has 0 amide bonds. The summed E-state index contributed by atoms with van der Waals surface area (Å²) in [5.41, 5.74) is 0. The molecule has 2 nitrogen and oxygen atoms in total. The van der Waals surface area contributed by atoms with Crippen LogP contribution >= 0.6 is 23.2 Å². The molecule has 0 aliphatic rings. The molecule has 0 saturated heterocycles. The van der Waals surface area contributed by atoms with Crippen molar-refractivity contribution in [3.8, 4) is 5.88 Å². The number of rotatable bonds is 1. The van der Waals surface area contributed by atoms with E-state index in [9.17, 15) is 13.2 Å². The average molecular weight is 232 g/mol. The Kier molecular flexibility index (Phi) is 2.87. The summed E-state index contributed by atoms with van der Waals surface area (Å²) in [6, 6.07) is 0.886. The van der Waals surface area contributed by atoms with E-state index in [2.05, 4.69) is 9.72 Å². The van der Waals surface area contributed by atoms with Crippen LogP contribution in [0.1, 0.15) is 0 Å². The van der Waals surface area contributed by atoms with Crippen molar-refractivity contribution in [3.05, 3.63) is 22.3 Å². The topological polar surface area (TPSA) is 22.1 Å². The third-order valence-electron chi connectivity index (χ3n) is 1.00. The lowest BCUT2D eigenvalue weighted by molar-refractivity contribution is -0.276. The van der Waals surface area contributed by atoms with Crippen LogP contribution in [0.3, 0.4) is 0 Å². The minimum atomic E-state index is -4.77. The molecule has 0 atom stereocenters. The van der Waals surface area contributed by atoms with Gasteiger partial charge in [0.05, 0.1) is 16.2 Å². The first kappa shape index (κ1) is 10.4. The molecule has 0 radical (unpaired) electrons. The first-order valence-corrected chi connectivity index (χ1v) is 3.71. The third kappa shape index (κ3) is 3.28. The summed E-state index contributed by atoms with van der Waals surface area (Å²) in [4.78, 5) is 3.27. The molecule has 0 bridgehead atoms. The van der Waals surface area contributed by atoms with Crippen LogP contribution in [0.25, 0.3) is 0 Å². The standard InChI is InChI=1S/C6H2Cl2F3NO/c7-3-1-5(12-2-4(3)8)13-6(9,10)11/h1-2H. The molecule has 0 N–H and O–H groups in total. The SMILES string of the molecule is FC(F)(F)Oc1cc(Cl)c(Cl)cn1. The van der Waals surface area contributed by atoms with Gasteiger partial charge >= 0.3 is 6.36 Å². The predicted molar refractivity (Wildman–Crippen MR) is 40.9 cm³/mol. The lowest BCUT2D eigenvalue weighted by Crippen LogP contribution is -2.17. The summed E-state index contributed by atoms with van der Waals surface area (Å²) in [6.07, 6.45) is -3.80. The van der Waals surface area contributed by atoms with E-state index in [-0.39, 0.29) is 10.0 Å². The minimum absolute atomic E-state index is 0.0454. The molecular formula is C6H2Cl2F3NO. The van der Waals surface area contributed by atoms with Crippen LogP contribution in [0.2, 0.25) is 10.0 Å². The van der Waals surface area contributed by atoms with Crippen molar-refractivity contribution in [1.82, 2.24) is 4.98 Å². The Morgan fingerprint density at radius 2 is 1.85 bits per heavy atom. The monoisotopic (exact) mass is 231 g/mol. The van der Waals surface area contributed by atoms with Crippen molar-refractivity contribution in [2.24, 2.45) is 0 Å². The highest BCUT2D eigenvalue weighted by molar-refractivity contribution is 6.41. The molecule has 0 spiro atoms. The van der Waals surface area contributed by atoms with E-state index in [1.165, 1.54) is 0 Å². The number of nitrogens with zero attached hydrogens (tertiary/aromatic N) is 1. The largest absolute Gasteiger partial charge is 0.574 e. The van der Waals surface area contributed by atoms with E-state index in [0.717, 1.165) is 12.3 Å². The Balaban J connectivity index is 2.86. The Labute approximate surface area is 81.2 Å². The van der Waals surface area contributed by atoms with Gasteiger partial charge < -0.3 is 4.74 Å². The fourth-order valence-corrected chi connectivity index (χ4v) is 0.816. The van der Waals surface area contributed by atoms with Gasteiger partial charge in [0.25, 0.3) is 0 Å². The number of hydrogen-bond acceptors (Lipinski definition) is 2. The molecule has 0 aliphatic carbocycles. The summed E-state index contributed by atoms with van der Waals surface area (Å²) in [6.45, 7) is 0. The third-order valence-corrected chi connectivity index (χ3v) is 1.71.